The molecule has 1 unspecified atom stereocenters. The van der Waals surface area contributed by atoms with Gasteiger partial charge in [0.1, 0.15) is 6.17 Å². The lowest BCUT2D eigenvalue weighted by atomic mass is 10.1. The third kappa shape index (κ3) is 11.0. The lowest BCUT2D eigenvalue weighted by molar-refractivity contribution is 0.177. The van der Waals surface area contributed by atoms with Crippen LogP contribution in [-0.2, 0) is 0 Å². The highest BCUT2D eigenvalue weighted by atomic mass is 16.3. The van der Waals surface area contributed by atoms with E-state index in [1.165, 1.54) is 70.6 Å². The quantitative estimate of drug-likeness (QED) is 0.305. The maximum atomic E-state index is 9.03. The lowest BCUT2D eigenvalue weighted by Gasteiger charge is -2.21. The molecule has 1 aliphatic rings. The fourth-order valence-electron chi connectivity index (χ4n) is 3.34. The Morgan fingerprint density at radius 2 is 1.58 bits per heavy atom. The highest BCUT2D eigenvalue weighted by Crippen LogP contribution is 2.14. The van der Waals surface area contributed by atoms with Crippen molar-refractivity contribution in [2.45, 2.75) is 96.6 Å². The summed E-state index contributed by atoms with van der Waals surface area (Å²) >= 11 is 0. The van der Waals surface area contributed by atoms with Crippen molar-refractivity contribution in [1.82, 2.24) is 4.90 Å². The Morgan fingerprint density at radius 1 is 0.958 bits per heavy atom. The fourth-order valence-corrected chi connectivity index (χ4v) is 3.34. The molecule has 0 aliphatic carbocycles. The molecule has 0 amide bonds. The van der Waals surface area contributed by atoms with Crippen LogP contribution in [0.5, 0.6) is 0 Å². The smallest absolute Gasteiger partial charge is 0.102 e. The van der Waals surface area contributed by atoms with Crippen molar-refractivity contribution in [3.8, 4) is 0 Å². The standard InChI is InChI=1S/C21H40N2O/c1-2-3-4-5-6-7-8-9-10-11-12-13-14-15-16-21-22-17-18-23(21)19-20-24/h12-13,17,21,24H,2-11,14-16,18-20H2,1H3/b13-12+. The molecule has 3 nitrogen and oxygen atoms in total. The number of rotatable bonds is 16. The van der Waals surface area contributed by atoms with Crippen LogP contribution in [0, 0.1) is 0 Å². The Hall–Kier alpha value is -0.670. The summed E-state index contributed by atoms with van der Waals surface area (Å²) in [5, 5.41) is 9.03. The maximum absolute atomic E-state index is 9.03. The summed E-state index contributed by atoms with van der Waals surface area (Å²) < 4.78 is 0. The molecule has 0 fully saturated rings. The van der Waals surface area contributed by atoms with Crippen LogP contribution in [0.4, 0.5) is 0 Å². The number of β-amino-alcohol motifs (C(OH)–C–C–N with tert-alkyl or cyclic N) is 1. The van der Waals surface area contributed by atoms with Gasteiger partial charge >= 0.3 is 0 Å². The molecule has 0 bridgehead atoms. The number of aliphatic hydroxyl groups is 1. The highest BCUT2D eigenvalue weighted by Gasteiger charge is 2.19. The summed E-state index contributed by atoms with van der Waals surface area (Å²) in [5.41, 5.74) is 0. The number of hydrogen-bond acceptors (Lipinski definition) is 3. The van der Waals surface area contributed by atoms with Gasteiger partial charge in [0.2, 0.25) is 0 Å². The SMILES string of the molecule is CCCCCCCCCCC/C=C/CCCC1N=CCN1CCO. The number of allylic oxidation sites excluding steroid dienone is 2. The third-order valence-electron chi connectivity index (χ3n) is 4.88. The number of nitrogens with zero attached hydrogens (tertiary/aromatic N) is 2. The Labute approximate surface area is 150 Å². The van der Waals surface area contributed by atoms with E-state index in [2.05, 4.69) is 29.0 Å². The van der Waals surface area contributed by atoms with Crippen molar-refractivity contribution in [2.24, 2.45) is 4.99 Å². The van der Waals surface area contributed by atoms with Gasteiger partial charge < -0.3 is 5.11 Å². The van der Waals surface area contributed by atoms with Crippen LogP contribution in [0.1, 0.15) is 90.4 Å². The molecule has 1 atom stereocenters. The molecule has 0 aromatic rings. The summed E-state index contributed by atoms with van der Waals surface area (Å²) in [7, 11) is 0. The van der Waals surface area contributed by atoms with Gasteiger partial charge in [-0.15, -0.1) is 0 Å². The van der Waals surface area contributed by atoms with Gasteiger partial charge in [0.25, 0.3) is 0 Å². The van der Waals surface area contributed by atoms with Gasteiger partial charge in [-0.1, -0.05) is 70.4 Å². The molecule has 0 aromatic carbocycles. The second kappa shape index (κ2) is 15.8. The van der Waals surface area contributed by atoms with Crippen LogP contribution in [-0.4, -0.2) is 42.1 Å². The molecule has 0 saturated heterocycles. The molecule has 0 aromatic heterocycles. The second-order valence-electron chi connectivity index (χ2n) is 7.05. The molecule has 1 aliphatic heterocycles. The minimum Gasteiger partial charge on any atom is -0.395 e. The molecule has 140 valence electrons. The molecule has 0 saturated carbocycles. The molecular weight excluding hydrogens is 296 g/mol. The van der Waals surface area contributed by atoms with E-state index in [0.717, 1.165) is 25.9 Å². The molecule has 24 heavy (non-hydrogen) atoms. The van der Waals surface area contributed by atoms with Crippen molar-refractivity contribution in [1.29, 1.82) is 0 Å². The fraction of sp³-hybridized carbons (Fsp3) is 0.857. The van der Waals surface area contributed by atoms with Crippen LogP contribution < -0.4 is 0 Å². The maximum Gasteiger partial charge on any atom is 0.102 e. The molecule has 3 heteroatoms. The Balaban J connectivity index is 1.84. The Kier molecular flexibility index (Phi) is 14.1. The van der Waals surface area contributed by atoms with Crippen LogP contribution in [0.15, 0.2) is 17.1 Å². The molecule has 1 heterocycles. The first-order chi connectivity index (χ1) is 11.9. The molecule has 0 spiro atoms. The lowest BCUT2D eigenvalue weighted by Crippen LogP contribution is -2.32. The van der Waals surface area contributed by atoms with Crippen molar-refractivity contribution in [3.05, 3.63) is 12.2 Å². The topological polar surface area (TPSA) is 35.8 Å². The van der Waals surface area contributed by atoms with Crippen LogP contribution in [0.25, 0.3) is 0 Å². The molecule has 1 N–H and O–H groups in total. The zero-order chi connectivity index (χ0) is 17.3. The van der Waals surface area contributed by atoms with Gasteiger partial charge in [-0.05, 0) is 32.1 Å². The molecule has 0 radical (unpaired) electrons. The van der Waals surface area contributed by atoms with Crippen LogP contribution in [0.3, 0.4) is 0 Å². The largest absolute Gasteiger partial charge is 0.395 e. The van der Waals surface area contributed by atoms with Gasteiger partial charge in [-0.3, -0.25) is 9.89 Å². The van der Waals surface area contributed by atoms with Crippen LogP contribution >= 0.6 is 0 Å². The highest BCUT2D eigenvalue weighted by molar-refractivity contribution is 5.62. The zero-order valence-corrected chi connectivity index (χ0v) is 16.0. The predicted molar refractivity (Wildman–Crippen MR) is 106 cm³/mol. The Bertz CT molecular complexity index is 328. The van der Waals surface area contributed by atoms with Gasteiger partial charge in [-0.2, -0.15) is 0 Å². The number of aliphatic hydroxyl groups excluding tert-OH is 1. The summed E-state index contributed by atoms with van der Waals surface area (Å²) in [5.74, 6) is 0. The third-order valence-corrected chi connectivity index (χ3v) is 4.88. The van der Waals surface area contributed by atoms with Crippen molar-refractivity contribution < 1.29 is 5.11 Å². The minimum absolute atomic E-state index is 0.235. The van der Waals surface area contributed by atoms with Crippen molar-refractivity contribution >= 4 is 6.21 Å². The predicted octanol–water partition coefficient (Wildman–Crippen LogP) is 5.34. The van der Waals surface area contributed by atoms with E-state index < -0.39 is 0 Å². The van der Waals surface area contributed by atoms with E-state index in [9.17, 15) is 0 Å². The van der Waals surface area contributed by atoms with Crippen molar-refractivity contribution in [3.63, 3.8) is 0 Å². The average Bonchev–Trinajstić information content (AvgIpc) is 3.03. The molecule has 1 rings (SSSR count). The van der Waals surface area contributed by atoms with Crippen LogP contribution in [0.2, 0.25) is 0 Å². The van der Waals surface area contributed by atoms with Gasteiger partial charge in [-0.25, -0.2) is 0 Å². The summed E-state index contributed by atoms with van der Waals surface area (Å²) in [4.78, 5) is 6.76. The zero-order valence-electron chi connectivity index (χ0n) is 16.0. The molecular formula is C21H40N2O. The summed E-state index contributed by atoms with van der Waals surface area (Å²) in [6, 6.07) is 0. The van der Waals surface area contributed by atoms with Crippen molar-refractivity contribution in [2.75, 3.05) is 19.7 Å². The normalized spacial score (nSPS) is 18.2. The van der Waals surface area contributed by atoms with Gasteiger partial charge in [0, 0.05) is 19.3 Å². The van der Waals surface area contributed by atoms with E-state index in [0.29, 0.717) is 6.17 Å². The number of aliphatic imine (C=N–C) groups is 1. The van der Waals surface area contributed by atoms with E-state index in [1.54, 1.807) is 0 Å². The summed E-state index contributed by atoms with van der Waals surface area (Å²) in [6.07, 6.45) is 24.4. The Morgan fingerprint density at radius 3 is 2.25 bits per heavy atom. The summed E-state index contributed by atoms with van der Waals surface area (Å²) in [6.45, 7) is 4.17. The minimum atomic E-state index is 0.235. The average molecular weight is 337 g/mol. The second-order valence-corrected chi connectivity index (χ2v) is 7.05. The van der Waals surface area contributed by atoms with Gasteiger partial charge in [0.15, 0.2) is 0 Å². The number of unbranched alkanes of at least 4 members (excludes halogenated alkanes) is 10. The van der Waals surface area contributed by atoms with E-state index >= 15 is 0 Å². The van der Waals surface area contributed by atoms with E-state index in [-0.39, 0.29) is 6.61 Å². The van der Waals surface area contributed by atoms with E-state index in [1.807, 2.05) is 6.21 Å². The monoisotopic (exact) mass is 336 g/mol. The van der Waals surface area contributed by atoms with Gasteiger partial charge in [0.05, 0.1) is 6.61 Å². The van der Waals surface area contributed by atoms with E-state index in [4.69, 9.17) is 5.11 Å². The first-order valence-corrected chi connectivity index (χ1v) is 10.4. The number of hydrogen-bond donors (Lipinski definition) is 1. The first-order valence-electron chi connectivity index (χ1n) is 10.4. The first kappa shape index (κ1) is 21.4.